The Bertz CT molecular complexity index is 463. The highest BCUT2D eigenvalue weighted by Crippen LogP contribution is 2.35. The summed E-state index contributed by atoms with van der Waals surface area (Å²) in [7, 11) is 3.27. The third kappa shape index (κ3) is 2.05. The van der Waals surface area contributed by atoms with Gasteiger partial charge in [0, 0.05) is 7.05 Å². The molecule has 0 N–H and O–H groups in total. The molecule has 0 bridgehead atoms. The van der Waals surface area contributed by atoms with E-state index in [1.807, 2.05) is 13.0 Å². The molecule has 1 amide bonds. The fourth-order valence-electron chi connectivity index (χ4n) is 1.97. The van der Waals surface area contributed by atoms with Crippen LogP contribution < -0.4 is 4.74 Å². The number of methoxy groups -OCH3 is 1. The maximum Gasteiger partial charge on any atom is 0.410 e. The summed E-state index contributed by atoms with van der Waals surface area (Å²) in [5.41, 5.74) is 0.211. The second kappa shape index (κ2) is 4.11. The SMILES string of the molecule is COc1ccc(C2(C)CN(C)C(=O)O2)cc1Cl. The lowest BCUT2D eigenvalue weighted by atomic mass is 9.96. The molecule has 1 aliphatic heterocycles. The molecule has 0 saturated carbocycles. The number of halogens is 1. The number of hydrogen-bond acceptors (Lipinski definition) is 3. The van der Waals surface area contributed by atoms with E-state index in [1.165, 1.54) is 4.90 Å². The fourth-order valence-corrected chi connectivity index (χ4v) is 2.22. The summed E-state index contributed by atoms with van der Waals surface area (Å²) < 4.78 is 10.5. The molecule has 17 heavy (non-hydrogen) atoms. The molecule has 1 fully saturated rings. The number of cyclic esters (lactones) is 1. The zero-order valence-electron chi connectivity index (χ0n) is 9.99. The Balaban J connectivity index is 2.35. The van der Waals surface area contributed by atoms with Gasteiger partial charge in [0.05, 0.1) is 18.7 Å². The van der Waals surface area contributed by atoms with Gasteiger partial charge >= 0.3 is 6.09 Å². The predicted octanol–water partition coefficient (Wildman–Crippen LogP) is 2.65. The van der Waals surface area contributed by atoms with Crippen LogP contribution in [0, 0.1) is 0 Å². The number of likely N-dealkylation sites (N-methyl/N-ethyl adjacent to an activating group) is 1. The first-order chi connectivity index (χ1) is 7.96. The molecule has 2 rings (SSSR count). The third-order valence-electron chi connectivity index (χ3n) is 2.93. The van der Waals surface area contributed by atoms with E-state index in [0.717, 1.165) is 5.56 Å². The van der Waals surface area contributed by atoms with Crippen molar-refractivity contribution >= 4 is 17.7 Å². The predicted molar refractivity (Wildman–Crippen MR) is 64.5 cm³/mol. The highest BCUT2D eigenvalue weighted by molar-refractivity contribution is 6.32. The molecule has 92 valence electrons. The van der Waals surface area contributed by atoms with Gasteiger partial charge in [0.25, 0.3) is 0 Å². The van der Waals surface area contributed by atoms with Crippen molar-refractivity contribution in [1.82, 2.24) is 4.90 Å². The lowest BCUT2D eigenvalue weighted by Crippen LogP contribution is -2.27. The summed E-state index contributed by atoms with van der Waals surface area (Å²) in [4.78, 5) is 13.0. The normalized spacial score (nSPS) is 23.8. The van der Waals surface area contributed by atoms with Crippen LogP contribution in [-0.2, 0) is 10.3 Å². The number of ether oxygens (including phenoxy) is 2. The van der Waals surface area contributed by atoms with Crippen molar-refractivity contribution in [3.05, 3.63) is 28.8 Å². The molecule has 1 aliphatic rings. The van der Waals surface area contributed by atoms with Crippen LogP contribution in [0.5, 0.6) is 5.75 Å². The van der Waals surface area contributed by atoms with Crippen molar-refractivity contribution in [3.8, 4) is 5.75 Å². The van der Waals surface area contributed by atoms with Crippen LogP contribution in [-0.4, -0.2) is 31.7 Å². The molecule has 0 aromatic heterocycles. The van der Waals surface area contributed by atoms with E-state index in [1.54, 1.807) is 26.3 Å². The van der Waals surface area contributed by atoms with E-state index in [9.17, 15) is 4.79 Å². The first-order valence-corrected chi connectivity index (χ1v) is 5.62. The van der Waals surface area contributed by atoms with Crippen LogP contribution in [0.1, 0.15) is 12.5 Å². The van der Waals surface area contributed by atoms with Gasteiger partial charge in [-0.15, -0.1) is 0 Å². The Kier molecular flexibility index (Phi) is 2.91. The van der Waals surface area contributed by atoms with Crippen LogP contribution in [0.15, 0.2) is 18.2 Å². The average Bonchev–Trinajstić information content (AvgIpc) is 2.54. The van der Waals surface area contributed by atoms with Crippen molar-refractivity contribution in [1.29, 1.82) is 0 Å². The number of carbonyl (C=O) groups is 1. The number of benzene rings is 1. The first-order valence-electron chi connectivity index (χ1n) is 5.24. The minimum atomic E-state index is -0.651. The molecule has 0 spiro atoms. The molecule has 1 heterocycles. The van der Waals surface area contributed by atoms with E-state index in [2.05, 4.69) is 0 Å². The Hall–Kier alpha value is -1.42. The zero-order chi connectivity index (χ0) is 12.6. The Morgan fingerprint density at radius 3 is 2.71 bits per heavy atom. The largest absolute Gasteiger partial charge is 0.495 e. The van der Waals surface area contributed by atoms with Gasteiger partial charge in [-0.1, -0.05) is 17.7 Å². The smallest absolute Gasteiger partial charge is 0.410 e. The van der Waals surface area contributed by atoms with Crippen LogP contribution in [0.4, 0.5) is 4.79 Å². The van der Waals surface area contributed by atoms with Gasteiger partial charge < -0.3 is 14.4 Å². The summed E-state index contributed by atoms with van der Waals surface area (Å²) in [6.07, 6.45) is -0.320. The Morgan fingerprint density at radius 2 is 2.24 bits per heavy atom. The van der Waals surface area contributed by atoms with Gasteiger partial charge in [0.2, 0.25) is 0 Å². The molecular weight excluding hydrogens is 242 g/mol. The molecule has 4 nitrogen and oxygen atoms in total. The average molecular weight is 256 g/mol. The van der Waals surface area contributed by atoms with Crippen LogP contribution in [0.3, 0.4) is 0 Å². The maximum absolute atomic E-state index is 11.4. The molecule has 1 saturated heterocycles. The van der Waals surface area contributed by atoms with Gasteiger partial charge in [-0.3, -0.25) is 0 Å². The van der Waals surface area contributed by atoms with E-state index < -0.39 is 5.60 Å². The monoisotopic (exact) mass is 255 g/mol. The number of amides is 1. The summed E-state index contributed by atoms with van der Waals surface area (Å²) in [6, 6.07) is 5.40. The molecule has 5 heteroatoms. The van der Waals surface area contributed by atoms with Gasteiger partial charge in [-0.05, 0) is 24.6 Å². The molecule has 1 aromatic carbocycles. The van der Waals surface area contributed by atoms with Gasteiger partial charge in [0.15, 0.2) is 5.60 Å². The molecule has 0 radical (unpaired) electrons. The van der Waals surface area contributed by atoms with Crippen molar-refractivity contribution in [2.75, 3.05) is 20.7 Å². The maximum atomic E-state index is 11.4. The van der Waals surface area contributed by atoms with E-state index in [-0.39, 0.29) is 6.09 Å². The fraction of sp³-hybridized carbons (Fsp3) is 0.417. The number of nitrogens with zero attached hydrogens (tertiary/aromatic N) is 1. The minimum Gasteiger partial charge on any atom is -0.495 e. The van der Waals surface area contributed by atoms with Crippen LogP contribution >= 0.6 is 11.6 Å². The third-order valence-corrected chi connectivity index (χ3v) is 3.22. The second-order valence-corrected chi connectivity index (χ2v) is 4.71. The molecule has 1 aromatic rings. The van der Waals surface area contributed by atoms with Crippen molar-refractivity contribution in [2.45, 2.75) is 12.5 Å². The lowest BCUT2D eigenvalue weighted by Gasteiger charge is -2.22. The Morgan fingerprint density at radius 1 is 1.53 bits per heavy atom. The molecule has 0 aliphatic carbocycles. The van der Waals surface area contributed by atoms with E-state index in [4.69, 9.17) is 21.1 Å². The number of rotatable bonds is 2. The highest BCUT2D eigenvalue weighted by atomic mass is 35.5. The first kappa shape index (κ1) is 12.0. The van der Waals surface area contributed by atoms with Gasteiger partial charge in [-0.25, -0.2) is 4.79 Å². The quantitative estimate of drug-likeness (QED) is 0.816. The summed E-state index contributed by atoms with van der Waals surface area (Å²) in [5.74, 6) is 0.608. The highest BCUT2D eigenvalue weighted by Gasteiger charge is 2.41. The zero-order valence-corrected chi connectivity index (χ0v) is 10.7. The van der Waals surface area contributed by atoms with Gasteiger partial charge in [-0.2, -0.15) is 0 Å². The van der Waals surface area contributed by atoms with E-state index >= 15 is 0 Å². The number of hydrogen-bond donors (Lipinski definition) is 0. The number of carbonyl (C=O) groups excluding carboxylic acids is 1. The van der Waals surface area contributed by atoms with Crippen LogP contribution in [0.2, 0.25) is 5.02 Å². The Labute approximate surface area is 105 Å². The topological polar surface area (TPSA) is 38.8 Å². The van der Waals surface area contributed by atoms with Crippen LogP contribution in [0.25, 0.3) is 0 Å². The molecule has 1 unspecified atom stereocenters. The summed E-state index contributed by atoms with van der Waals surface area (Å²) in [6.45, 7) is 2.38. The van der Waals surface area contributed by atoms with E-state index in [0.29, 0.717) is 17.3 Å². The summed E-state index contributed by atoms with van der Waals surface area (Å²) in [5, 5.41) is 0.511. The van der Waals surface area contributed by atoms with Gasteiger partial charge in [0.1, 0.15) is 5.75 Å². The molecule has 1 atom stereocenters. The standard InChI is InChI=1S/C12H14ClNO3/c1-12(7-14(2)11(15)17-12)8-4-5-10(16-3)9(13)6-8/h4-6H,7H2,1-3H3. The van der Waals surface area contributed by atoms with Crippen molar-refractivity contribution in [2.24, 2.45) is 0 Å². The molecular formula is C12H14ClNO3. The second-order valence-electron chi connectivity index (χ2n) is 4.30. The summed E-state index contributed by atoms with van der Waals surface area (Å²) >= 11 is 6.06. The van der Waals surface area contributed by atoms with Crippen molar-refractivity contribution < 1.29 is 14.3 Å². The van der Waals surface area contributed by atoms with Crippen molar-refractivity contribution in [3.63, 3.8) is 0 Å². The minimum absolute atomic E-state index is 0.320. The lowest BCUT2D eigenvalue weighted by molar-refractivity contribution is 0.0701.